The van der Waals surface area contributed by atoms with Gasteiger partial charge in [0.05, 0.1) is 16.8 Å². The van der Waals surface area contributed by atoms with E-state index in [2.05, 4.69) is 4.98 Å². The first kappa shape index (κ1) is 11.7. The number of imide groups is 1. The lowest BCUT2D eigenvalue weighted by molar-refractivity contribution is -0.723. The van der Waals surface area contributed by atoms with Crippen molar-refractivity contribution in [1.29, 1.82) is 0 Å². The monoisotopic (exact) mass is 254 g/mol. The molecule has 1 aromatic carbocycles. The van der Waals surface area contributed by atoms with E-state index in [0.29, 0.717) is 5.69 Å². The topological polar surface area (TPSA) is 70.1 Å². The highest BCUT2D eigenvalue weighted by Crippen LogP contribution is 2.30. The van der Waals surface area contributed by atoms with E-state index >= 15 is 0 Å². The summed E-state index contributed by atoms with van der Waals surface area (Å²) < 4.78 is -1.52. The molecule has 5 nitrogen and oxygen atoms in total. The van der Waals surface area contributed by atoms with E-state index in [-0.39, 0.29) is 17.7 Å². The molecule has 1 aliphatic heterocycles. The molecule has 0 N–H and O–H groups in total. The number of rotatable bonds is 2. The lowest BCUT2D eigenvalue weighted by Gasteiger charge is -2.31. The van der Waals surface area contributed by atoms with Crippen molar-refractivity contribution in [1.82, 2.24) is 4.98 Å². The summed E-state index contributed by atoms with van der Waals surface area (Å²) >= 11 is 0. The first-order chi connectivity index (χ1) is 9.13. The second kappa shape index (κ2) is 4.08. The highest BCUT2D eigenvalue weighted by molar-refractivity contribution is 6.13. The Morgan fingerprint density at radius 1 is 0.947 bits per heavy atom. The minimum absolute atomic E-state index is 0.193. The van der Waals surface area contributed by atoms with Gasteiger partial charge in [-0.25, -0.2) is 14.2 Å². The molecule has 0 unspecified atom stereocenters. The van der Waals surface area contributed by atoms with Crippen LogP contribution in [0.1, 0.15) is 26.4 Å². The van der Waals surface area contributed by atoms with Gasteiger partial charge in [0.25, 0.3) is 0 Å². The van der Waals surface area contributed by atoms with Gasteiger partial charge in [0.15, 0.2) is 0 Å². The Bertz CT molecular complexity index is 632. The largest absolute Gasteiger partial charge is 0.617 e. The van der Waals surface area contributed by atoms with E-state index in [9.17, 15) is 14.8 Å². The first-order valence-electron chi connectivity index (χ1n) is 5.81. The van der Waals surface area contributed by atoms with Crippen LogP contribution in [0.2, 0.25) is 0 Å². The average Bonchev–Trinajstić information content (AvgIpc) is 2.63. The SMILES string of the molecule is O=C1c2ccccc2C(=O)[N+]1([O-])Cc1ccccn1. The maximum absolute atomic E-state index is 12.6. The molecule has 0 radical (unpaired) electrons. The maximum Gasteiger partial charge on any atom is 0.354 e. The van der Waals surface area contributed by atoms with Crippen molar-refractivity contribution in [3.05, 3.63) is 70.7 Å². The van der Waals surface area contributed by atoms with Crippen molar-refractivity contribution in [3.63, 3.8) is 0 Å². The van der Waals surface area contributed by atoms with Gasteiger partial charge in [-0.2, -0.15) is 0 Å². The van der Waals surface area contributed by atoms with Gasteiger partial charge in [-0.05, 0) is 24.3 Å². The van der Waals surface area contributed by atoms with E-state index in [4.69, 9.17) is 0 Å². The third-order valence-electron chi connectivity index (χ3n) is 3.15. The van der Waals surface area contributed by atoms with Gasteiger partial charge in [0.2, 0.25) is 0 Å². The number of hydrogen-bond acceptors (Lipinski definition) is 4. The van der Waals surface area contributed by atoms with Crippen LogP contribution in [-0.2, 0) is 6.54 Å². The van der Waals surface area contributed by atoms with Gasteiger partial charge in [0.1, 0.15) is 6.54 Å². The zero-order valence-corrected chi connectivity index (χ0v) is 9.95. The smallest absolute Gasteiger partial charge is 0.354 e. The Morgan fingerprint density at radius 3 is 2.05 bits per heavy atom. The molecule has 0 spiro atoms. The Kier molecular flexibility index (Phi) is 2.51. The van der Waals surface area contributed by atoms with Crippen LogP contribution in [0.4, 0.5) is 0 Å². The second-order valence-corrected chi connectivity index (χ2v) is 4.37. The van der Waals surface area contributed by atoms with Crippen LogP contribution < -0.4 is 0 Å². The van der Waals surface area contributed by atoms with Gasteiger partial charge in [-0.3, -0.25) is 4.98 Å². The molecule has 0 saturated carbocycles. The molecule has 0 saturated heterocycles. The van der Waals surface area contributed by atoms with Crippen LogP contribution in [-0.4, -0.2) is 21.4 Å². The number of aromatic nitrogens is 1. The number of quaternary nitrogens is 1. The zero-order chi connectivity index (χ0) is 13.5. The Hall–Kier alpha value is -2.37. The summed E-state index contributed by atoms with van der Waals surface area (Å²) in [6, 6.07) is 11.3. The minimum atomic E-state index is -1.52. The standard InChI is InChI=1S/C14H10N2O3/c17-13-11-6-1-2-7-12(11)14(18)16(13,19)9-10-5-3-4-8-15-10/h1-8H,9H2. The minimum Gasteiger partial charge on any atom is -0.617 e. The zero-order valence-electron chi connectivity index (χ0n) is 9.95. The van der Waals surface area contributed by atoms with Gasteiger partial charge in [-0.1, -0.05) is 18.2 Å². The molecule has 94 valence electrons. The number of benzene rings is 1. The van der Waals surface area contributed by atoms with Crippen molar-refractivity contribution in [2.45, 2.75) is 6.54 Å². The lowest BCUT2D eigenvalue weighted by atomic mass is 10.1. The highest BCUT2D eigenvalue weighted by Gasteiger charge is 2.47. The predicted molar refractivity (Wildman–Crippen MR) is 66.7 cm³/mol. The Balaban J connectivity index is 2.03. The fourth-order valence-electron chi connectivity index (χ4n) is 2.20. The van der Waals surface area contributed by atoms with E-state index in [1.807, 2.05) is 0 Å². The van der Waals surface area contributed by atoms with Gasteiger partial charge >= 0.3 is 11.8 Å². The van der Waals surface area contributed by atoms with Crippen LogP contribution in [0.15, 0.2) is 48.7 Å². The van der Waals surface area contributed by atoms with Crippen molar-refractivity contribution in [2.24, 2.45) is 0 Å². The normalized spacial score (nSPS) is 16.5. The molecule has 5 heteroatoms. The van der Waals surface area contributed by atoms with Crippen molar-refractivity contribution < 1.29 is 14.2 Å². The van der Waals surface area contributed by atoms with Crippen LogP contribution in [0, 0.1) is 5.21 Å². The predicted octanol–water partition coefficient (Wildman–Crippen LogP) is 1.89. The molecule has 1 aromatic heterocycles. The number of amides is 2. The van der Waals surface area contributed by atoms with Crippen LogP contribution in [0.3, 0.4) is 0 Å². The van der Waals surface area contributed by atoms with Crippen LogP contribution in [0.5, 0.6) is 0 Å². The van der Waals surface area contributed by atoms with Crippen molar-refractivity contribution >= 4 is 11.8 Å². The second-order valence-electron chi connectivity index (χ2n) is 4.37. The van der Waals surface area contributed by atoms with E-state index in [1.165, 1.54) is 18.3 Å². The molecule has 0 bridgehead atoms. The first-order valence-corrected chi connectivity index (χ1v) is 5.81. The number of carbonyl (C=O) groups is 2. The number of hydrogen-bond donors (Lipinski definition) is 0. The summed E-state index contributed by atoms with van der Waals surface area (Å²) in [5.74, 6) is -1.43. The average molecular weight is 254 g/mol. The van der Waals surface area contributed by atoms with Crippen molar-refractivity contribution in [3.8, 4) is 0 Å². The molecule has 0 fully saturated rings. The van der Waals surface area contributed by atoms with E-state index in [0.717, 1.165) is 0 Å². The molecule has 2 heterocycles. The number of pyridine rings is 1. The number of hydroxylamine groups is 3. The molecule has 2 amide bonds. The third kappa shape index (κ3) is 1.68. The van der Waals surface area contributed by atoms with Crippen molar-refractivity contribution in [2.75, 3.05) is 0 Å². The van der Waals surface area contributed by atoms with E-state index < -0.39 is 16.5 Å². The molecular weight excluding hydrogens is 244 g/mol. The number of fused-ring (bicyclic) bond motifs is 1. The maximum atomic E-state index is 12.6. The fourth-order valence-corrected chi connectivity index (χ4v) is 2.20. The summed E-state index contributed by atoms with van der Waals surface area (Å²) in [7, 11) is 0. The summed E-state index contributed by atoms with van der Waals surface area (Å²) in [5.41, 5.74) is 0.809. The molecule has 2 aromatic rings. The molecular formula is C14H10N2O3. The molecule has 3 rings (SSSR count). The van der Waals surface area contributed by atoms with Gasteiger partial charge in [-0.15, -0.1) is 0 Å². The van der Waals surface area contributed by atoms with E-state index in [1.54, 1.807) is 30.3 Å². The molecule has 0 aliphatic carbocycles. The number of nitrogens with zero attached hydrogens (tertiary/aromatic N) is 2. The summed E-state index contributed by atoms with van der Waals surface area (Å²) in [5, 5.41) is 12.6. The van der Waals surface area contributed by atoms with Crippen LogP contribution >= 0.6 is 0 Å². The fraction of sp³-hybridized carbons (Fsp3) is 0.0714. The Morgan fingerprint density at radius 2 is 1.53 bits per heavy atom. The number of carbonyl (C=O) groups excluding carboxylic acids is 2. The van der Waals surface area contributed by atoms with Crippen LogP contribution in [0.25, 0.3) is 0 Å². The summed E-state index contributed by atoms with van der Waals surface area (Å²) in [4.78, 5) is 28.3. The Labute approximate surface area is 109 Å². The molecule has 19 heavy (non-hydrogen) atoms. The lowest BCUT2D eigenvalue weighted by Crippen LogP contribution is -2.46. The van der Waals surface area contributed by atoms with Gasteiger partial charge < -0.3 is 5.21 Å². The quantitative estimate of drug-likeness (QED) is 0.466. The summed E-state index contributed by atoms with van der Waals surface area (Å²) in [6.45, 7) is -0.271. The molecule has 1 aliphatic rings. The van der Waals surface area contributed by atoms with Gasteiger partial charge in [0, 0.05) is 6.20 Å². The highest BCUT2D eigenvalue weighted by atomic mass is 16.6. The summed E-state index contributed by atoms with van der Waals surface area (Å²) in [6.07, 6.45) is 1.53. The third-order valence-corrected chi connectivity index (χ3v) is 3.15. The molecule has 0 atom stereocenters.